The van der Waals surface area contributed by atoms with E-state index in [9.17, 15) is 14.4 Å². The third-order valence-corrected chi connectivity index (χ3v) is 3.07. The number of unbranched alkanes of at least 4 members (excludes halogenated alkanes) is 1. The molecule has 0 aromatic carbocycles. The molecule has 1 aromatic rings. The highest BCUT2D eigenvalue weighted by Crippen LogP contribution is 2.08. The summed E-state index contributed by atoms with van der Waals surface area (Å²) in [5.41, 5.74) is -2.21. The zero-order valence-corrected chi connectivity index (χ0v) is 10.7. The van der Waals surface area contributed by atoms with Crippen molar-refractivity contribution < 1.29 is 4.74 Å². The summed E-state index contributed by atoms with van der Waals surface area (Å²) in [6.45, 7) is 2.85. The first-order valence-corrected chi connectivity index (χ1v) is 6.14. The fourth-order valence-electron chi connectivity index (χ4n) is 1.64. The molecule has 0 aliphatic carbocycles. The second kappa shape index (κ2) is 5.11. The molecule has 2 rings (SSSR count). The van der Waals surface area contributed by atoms with Crippen molar-refractivity contribution in [3.63, 3.8) is 0 Å². The number of ether oxygens (including phenoxy) is 1. The Morgan fingerprint density at radius 2 is 1.83 bits per heavy atom. The van der Waals surface area contributed by atoms with Gasteiger partial charge in [-0.25, -0.2) is 23.5 Å². The molecule has 18 heavy (non-hydrogen) atoms. The highest BCUT2D eigenvalue weighted by Gasteiger charge is 2.26. The van der Waals surface area contributed by atoms with Crippen molar-refractivity contribution in [3.8, 4) is 0 Å². The molecule has 1 aliphatic heterocycles. The number of hydrogen-bond acceptors (Lipinski definition) is 4. The molecular formula is C10H14ClN3O4. The van der Waals surface area contributed by atoms with Crippen LogP contribution in [0.1, 0.15) is 19.8 Å². The summed E-state index contributed by atoms with van der Waals surface area (Å²) in [5, 5.41) is 0. The van der Waals surface area contributed by atoms with Crippen molar-refractivity contribution >= 4 is 11.8 Å². The molecule has 1 saturated heterocycles. The monoisotopic (exact) mass is 275 g/mol. The van der Waals surface area contributed by atoms with Crippen molar-refractivity contribution in [1.29, 1.82) is 0 Å². The van der Waals surface area contributed by atoms with Crippen molar-refractivity contribution in [3.05, 3.63) is 31.5 Å². The summed E-state index contributed by atoms with van der Waals surface area (Å²) in [6, 6.07) is 0. The summed E-state index contributed by atoms with van der Waals surface area (Å²) < 4.78 is 7.35. The Morgan fingerprint density at radius 3 is 2.39 bits per heavy atom. The average molecular weight is 276 g/mol. The maximum Gasteiger partial charge on any atom is 0.351 e. The lowest BCUT2D eigenvalue weighted by Crippen LogP contribution is -2.52. The molecule has 0 bridgehead atoms. The highest BCUT2D eigenvalue weighted by atomic mass is 35.5. The van der Waals surface area contributed by atoms with E-state index in [1.54, 1.807) is 0 Å². The molecule has 1 atom stereocenters. The normalized spacial score (nSPS) is 18.0. The van der Waals surface area contributed by atoms with E-state index in [4.69, 9.17) is 16.5 Å². The number of hydrogen-bond donors (Lipinski definition) is 0. The molecule has 0 radical (unpaired) electrons. The molecule has 0 amide bonds. The van der Waals surface area contributed by atoms with Crippen LogP contribution in [0, 0.1) is 0 Å². The van der Waals surface area contributed by atoms with Crippen molar-refractivity contribution in [2.75, 3.05) is 6.61 Å². The molecule has 1 aromatic heterocycles. The Bertz CT molecular complexity index is 611. The smallest absolute Gasteiger partial charge is 0.351 e. The summed E-state index contributed by atoms with van der Waals surface area (Å²) >= 11 is 5.61. The van der Waals surface area contributed by atoms with E-state index in [2.05, 4.69) is 0 Å². The van der Waals surface area contributed by atoms with Crippen LogP contribution in [0.25, 0.3) is 0 Å². The summed E-state index contributed by atoms with van der Waals surface area (Å²) in [6.07, 6.45) is 1.37. The third-order valence-electron chi connectivity index (χ3n) is 2.78. The van der Waals surface area contributed by atoms with Crippen LogP contribution in [0.4, 0.5) is 0 Å². The number of halogens is 1. The van der Waals surface area contributed by atoms with E-state index < -0.39 is 17.1 Å². The highest BCUT2D eigenvalue weighted by molar-refractivity contribution is 6.14. The summed E-state index contributed by atoms with van der Waals surface area (Å²) in [7, 11) is 0. The van der Waals surface area contributed by atoms with Gasteiger partial charge in [0.05, 0.1) is 19.3 Å². The maximum atomic E-state index is 12.0. The first-order chi connectivity index (χ1) is 8.56. The van der Waals surface area contributed by atoms with Crippen LogP contribution in [-0.4, -0.2) is 25.9 Å². The first kappa shape index (κ1) is 13.1. The van der Waals surface area contributed by atoms with E-state index in [0.717, 1.165) is 15.6 Å². The Balaban J connectivity index is 2.51. The minimum absolute atomic E-state index is 0.135. The van der Waals surface area contributed by atoms with Crippen LogP contribution in [0.15, 0.2) is 14.4 Å². The van der Waals surface area contributed by atoms with E-state index in [1.807, 2.05) is 6.92 Å². The number of rotatable bonds is 5. The lowest BCUT2D eigenvalue weighted by atomic mass is 10.3. The van der Waals surface area contributed by atoms with Gasteiger partial charge >= 0.3 is 17.1 Å². The second-order valence-corrected chi connectivity index (χ2v) is 4.54. The van der Waals surface area contributed by atoms with Crippen molar-refractivity contribution in [2.24, 2.45) is 0 Å². The molecule has 0 spiro atoms. The fourth-order valence-corrected chi connectivity index (χ4v) is 1.83. The van der Waals surface area contributed by atoms with Crippen LogP contribution in [0.5, 0.6) is 0 Å². The largest absolute Gasteiger partial charge is 0.371 e. The summed E-state index contributed by atoms with van der Waals surface area (Å²) in [4.78, 5) is 35.5. The second-order valence-electron chi connectivity index (χ2n) is 4.20. The summed E-state index contributed by atoms with van der Waals surface area (Å²) in [5.74, 6) is 0. The van der Waals surface area contributed by atoms with Gasteiger partial charge in [0.25, 0.3) is 0 Å². The molecule has 100 valence electrons. The van der Waals surface area contributed by atoms with E-state index in [-0.39, 0.29) is 19.2 Å². The zero-order valence-electron chi connectivity index (χ0n) is 9.97. The van der Waals surface area contributed by atoms with Gasteiger partial charge < -0.3 is 4.74 Å². The quantitative estimate of drug-likeness (QED) is 0.671. The van der Waals surface area contributed by atoms with Gasteiger partial charge in [-0.1, -0.05) is 13.3 Å². The van der Waals surface area contributed by atoms with Gasteiger partial charge in [-0.05, 0) is 6.42 Å². The Morgan fingerprint density at radius 1 is 1.22 bits per heavy atom. The van der Waals surface area contributed by atoms with Crippen molar-refractivity contribution in [2.45, 2.75) is 39.0 Å². The maximum absolute atomic E-state index is 12.0. The Kier molecular flexibility index (Phi) is 3.72. The lowest BCUT2D eigenvalue weighted by Gasteiger charge is -2.09. The fraction of sp³-hybridized carbons (Fsp3) is 0.700. The molecule has 0 N–H and O–H groups in total. The van der Waals surface area contributed by atoms with E-state index in [0.29, 0.717) is 17.1 Å². The molecule has 7 nitrogen and oxygen atoms in total. The SMILES string of the molecule is CCCCn1c(=O)n(Cl)c(=O)n(CC2CO2)c1=O. The van der Waals surface area contributed by atoms with Gasteiger partial charge in [0, 0.05) is 18.3 Å². The van der Waals surface area contributed by atoms with Gasteiger partial charge in [-0.15, -0.1) is 0 Å². The predicted molar refractivity (Wildman–Crippen MR) is 65.1 cm³/mol. The zero-order chi connectivity index (χ0) is 13.3. The molecule has 8 heteroatoms. The van der Waals surface area contributed by atoms with Gasteiger partial charge in [0.15, 0.2) is 0 Å². The lowest BCUT2D eigenvalue weighted by molar-refractivity contribution is 0.365. The van der Waals surface area contributed by atoms with Crippen LogP contribution < -0.4 is 17.1 Å². The first-order valence-electron chi connectivity index (χ1n) is 5.80. The molecule has 2 heterocycles. The molecule has 1 unspecified atom stereocenters. The van der Waals surface area contributed by atoms with Crippen LogP contribution in [0.2, 0.25) is 0 Å². The van der Waals surface area contributed by atoms with Gasteiger partial charge in [0.2, 0.25) is 0 Å². The molecule has 1 fully saturated rings. The van der Waals surface area contributed by atoms with Crippen LogP contribution in [0.3, 0.4) is 0 Å². The number of nitrogens with zero attached hydrogens (tertiary/aromatic N) is 3. The molecule has 1 aliphatic rings. The average Bonchev–Trinajstić information content (AvgIpc) is 3.16. The van der Waals surface area contributed by atoms with E-state index >= 15 is 0 Å². The standard InChI is InChI=1S/C10H14ClN3O4/c1-2-3-4-12-8(15)13(5-7-6-18-7)10(17)14(11)9(12)16/h7H,2-6H2,1H3. The van der Waals surface area contributed by atoms with Gasteiger partial charge in [-0.3, -0.25) is 0 Å². The molecule has 0 saturated carbocycles. The van der Waals surface area contributed by atoms with Gasteiger partial charge in [-0.2, -0.15) is 4.09 Å². The predicted octanol–water partition coefficient (Wildman–Crippen LogP) is -0.628. The van der Waals surface area contributed by atoms with E-state index in [1.165, 1.54) is 0 Å². The minimum atomic E-state index is -0.810. The topological polar surface area (TPSA) is 78.5 Å². The van der Waals surface area contributed by atoms with Gasteiger partial charge in [0.1, 0.15) is 0 Å². The Hall–Kier alpha value is -1.34. The minimum Gasteiger partial charge on any atom is -0.371 e. The van der Waals surface area contributed by atoms with Crippen molar-refractivity contribution in [1.82, 2.24) is 13.2 Å². The number of epoxide rings is 1. The molecular weight excluding hydrogens is 262 g/mol. The van der Waals surface area contributed by atoms with Crippen LogP contribution in [-0.2, 0) is 17.8 Å². The Labute approximate surface area is 107 Å². The third kappa shape index (κ3) is 2.41. The number of aromatic nitrogens is 3. The van der Waals surface area contributed by atoms with Crippen LogP contribution >= 0.6 is 11.8 Å².